The van der Waals surface area contributed by atoms with Crippen LogP contribution >= 0.6 is 15.9 Å². The highest BCUT2D eigenvalue weighted by molar-refractivity contribution is 9.10. The maximum absolute atomic E-state index is 10.4. The van der Waals surface area contributed by atoms with Crippen molar-refractivity contribution in [2.75, 3.05) is 19.0 Å². The van der Waals surface area contributed by atoms with E-state index in [1.54, 1.807) is 0 Å². The number of hydrogen-bond donors (Lipinski definition) is 1. The molecule has 0 amide bonds. The lowest BCUT2D eigenvalue weighted by molar-refractivity contribution is -0.404. The number of non-ortho nitro benzene ring substituents is 1. The van der Waals surface area contributed by atoms with Crippen LogP contribution in [-0.4, -0.2) is 34.0 Å². The van der Waals surface area contributed by atoms with Crippen LogP contribution in [0.3, 0.4) is 0 Å². The summed E-state index contributed by atoms with van der Waals surface area (Å²) in [7, 11) is 4.06. The molecule has 0 spiro atoms. The van der Waals surface area contributed by atoms with E-state index in [2.05, 4.69) is 26.9 Å². The molecule has 0 unspecified atom stereocenters. The number of nitrogens with zero attached hydrogens (tertiary/aromatic N) is 4. The normalized spacial score (nSPS) is 9.65. The molecular weight excluding hydrogens is 416 g/mol. The molecule has 1 N–H and O–H groups in total. The predicted molar refractivity (Wildman–Crippen MR) is 96.5 cm³/mol. The number of rotatable bonds is 4. The predicted octanol–water partition coefficient (Wildman–Crippen LogP) is 3.63. The van der Waals surface area contributed by atoms with E-state index in [9.17, 15) is 30.3 Å². The first-order valence-electron chi connectivity index (χ1n) is 6.78. The molecule has 0 heterocycles. The first-order valence-corrected chi connectivity index (χ1v) is 7.57. The Morgan fingerprint density at radius 3 is 1.69 bits per heavy atom. The largest absolute Gasteiger partial charge is 0.497 e. The summed E-state index contributed by atoms with van der Waals surface area (Å²) in [5, 5.41) is 40.2. The van der Waals surface area contributed by atoms with Gasteiger partial charge in [0, 0.05) is 18.6 Å². The maximum atomic E-state index is 10.4. The molecule has 0 aliphatic rings. The van der Waals surface area contributed by atoms with Crippen molar-refractivity contribution in [1.82, 2.24) is 0 Å². The Morgan fingerprint density at radius 2 is 1.38 bits per heavy atom. The molecule has 0 saturated carbocycles. The maximum Gasteiger partial charge on any atom is 0.324 e. The molecule has 0 aliphatic carbocycles. The Hall–Kier alpha value is -3.28. The van der Waals surface area contributed by atoms with Gasteiger partial charge >= 0.3 is 11.4 Å². The highest BCUT2D eigenvalue weighted by Crippen LogP contribution is 2.38. The van der Waals surface area contributed by atoms with Crippen LogP contribution in [0.4, 0.5) is 22.7 Å². The first-order chi connectivity index (χ1) is 12.1. The van der Waals surface area contributed by atoms with Crippen LogP contribution in [0.15, 0.2) is 40.9 Å². The van der Waals surface area contributed by atoms with Crippen molar-refractivity contribution in [3.63, 3.8) is 0 Å². The van der Waals surface area contributed by atoms with Gasteiger partial charge in [0.25, 0.3) is 11.4 Å². The third kappa shape index (κ3) is 5.11. The van der Waals surface area contributed by atoms with Crippen LogP contribution in [0.1, 0.15) is 0 Å². The van der Waals surface area contributed by atoms with Crippen LogP contribution in [-0.2, 0) is 0 Å². The Balaban J connectivity index is 0.000000289. The number of para-hydroxylation sites is 1. The third-order valence-electron chi connectivity index (χ3n) is 2.99. The zero-order valence-electron chi connectivity index (χ0n) is 13.5. The van der Waals surface area contributed by atoms with Crippen LogP contribution < -0.4 is 4.90 Å². The molecule has 0 aromatic heterocycles. The van der Waals surface area contributed by atoms with E-state index in [4.69, 9.17) is 5.11 Å². The second-order valence-electron chi connectivity index (χ2n) is 4.95. The van der Waals surface area contributed by atoms with Gasteiger partial charge in [0.2, 0.25) is 0 Å². The number of halogens is 1. The van der Waals surface area contributed by atoms with Gasteiger partial charge in [-0.25, -0.2) is 0 Å². The standard InChI is InChI=1S/C8H10BrN.C6H3N3O7/c1-10(2)8-6-4-3-5-7(8)9;10-6-4(8(13)14)1-3(7(11)12)2-5(6)9(15)16/h3-6H,1-2H3;1-2,10H. The van der Waals surface area contributed by atoms with E-state index in [0.29, 0.717) is 12.1 Å². The lowest BCUT2D eigenvalue weighted by Crippen LogP contribution is -2.08. The van der Waals surface area contributed by atoms with Crippen LogP contribution in [0.5, 0.6) is 5.75 Å². The van der Waals surface area contributed by atoms with Crippen molar-refractivity contribution in [3.8, 4) is 5.75 Å². The summed E-state index contributed by atoms with van der Waals surface area (Å²) in [4.78, 5) is 29.8. The number of nitro groups is 3. The van der Waals surface area contributed by atoms with Gasteiger partial charge in [0.15, 0.2) is 0 Å². The topological polar surface area (TPSA) is 153 Å². The van der Waals surface area contributed by atoms with Gasteiger partial charge in [-0.2, -0.15) is 0 Å². The third-order valence-corrected chi connectivity index (χ3v) is 3.66. The van der Waals surface area contributed by atoms with Gasteiger partial charge in [-0.15, -0.1) is 0 Å². The first kappa shape index (κ1) is 20.8. The quantitative estimate of drug-likeness (QED) is 0.571. The van der Waals surface area contributed by atoms with E-state index < -0.39 is 37.6 Å². The Morgan fingerprint density at radius 1 is 0.923 bits per heavy atom. The lowest BCUT2D eigenvalue weighted by atomic mass is 10.2. The van der Waals surface area contributed by atoms with E-state index in [0.717, 1.165) is 4.47 Å². The number of phenols is 1. The van der Waals surface area contributed by atoms with E-state index in [1.165, 1.54) is 5.69 Å². The average Bonchev–Trinajstić information content (AvgIpc) is 2.55. The van der Waals surface area contributed by atoms with Gasteiger partial charge < -0.3 is 10.0 Å². The Bertz CT molecular complexity index is 822. The number of phenolic OH excluding ortho intramolecular Hbond substituents is 1. The van der Waals surface area contributed by atoms with E-state index in [-0.39, 0.29) is 0 Å². The minimum Gasteiger partial charge on any atom is -0.497 e. The zero-order chi connectivity index (χ0) is 20.0. The fourth-order valence-corrected chi connectivity index (χ4v) is 2.43. The Labute approximate surface area is 155 Å². The lowest BCUT2D eigenvalue weighted by Gasteiger charge is -2.13. The minimum absolute atomic E-state index is 0.447. The number of benzene rings is 2. The van der Waals surface area contributed by atoms with Crippen molar-refractivity contribution in [2.45, 2.75) is 0 Å². The van der Waals surface area contributed by atoms with Gasteiger partial charge in [0.1, 0.15) is 0 Å². The van der Waals surface area contributed by atoms with Crippen molar-refractivity contribution in [3.05, 3.63) is 71.2 Å². The molecule has 0 bridgehead atoms. The van der Waals surface area contributed by atoms with Gasteiger partial charge in [-0.1, -0.05) is 12.1 Å². The summed E-state index contributed by atoms with van der Waals surface area (Å²) in [5.74, 6) is -1.21. The number of anilines is 1. The average molecular weight is 429 g/mol. The molecule has 26 heavy (non-hydrogen) atoms. The fourth-order valence-electron chi connectivity index (χ4n) is 1.79. The molecule has 11 nitrogen and oxygen atoms in total. The second-order valence-corrected chi connectivity index (χ2v) is 5.80. The zero-order valence-corrected chi connectivity index (χ0v) is 15.1. The van der Waals surface area contributed by atoms with Crippen LogP contribution in [0.25, 0.3) is 0 Å². The molecule has 2 aromatic rings. The molecular formula is C14H13BrN4O7. The summed E-state index contributed by atoms with van der Waals surface area (Å²) in [6, 6.07) is 9.04. The summed E-state index contributed by atoms with van der Waals surface area (Å²) in [5.41, 5.74) is -1.79. The number of aromatic hydroxyl groups is 1. The molecule has 138 valence electrons. The van der Waals surface area contributed by atoms with Crippen molar-refractivity contribution in [1.29, 1.82) is 0 Å². The number of hydrogen-bond acceptors (Lipinski definition) is 8. The fraction of sp³-hybridized carbons (Fsp3) is 0.143. The monoisotopic (exact) mass is 428 g/mol. The molecule has 0 fully saturated rings. The number of nitro benzene ring substituents is 3. The highest BCUT2D eigenvalue weighted by atomic mass is 79.9. The highest BCUT2D eigenvalue weighted by Gasteiger charge is 2.30. The second kappa shape index (κ2) is 8.71. The van der Waals surface area contributed by atoms with Gasteiger partial charge in [-0.05, 0) is 28.1 Å². The van der Waals surface area contributed by atoms with Crippen molar-refractivity contribution >= 4 is 38.7 Å². The molecule has 12 heteroatoms. The van der Waals surface area contributed by atoms with Crippen LogP contribution in [0, 0.1) is 30.3 Å². The molecule has 2 aromatic carbocycles. The summed E-state index contributed by atoms with van der Waals surface area (Å²) >= 11 is 3.46. The van der Waals surface area contributed by atoms with Crippen molar-refractivity contribution < 1.29 is 19.9 Å². The van der Waals surface area contributed by atoms with E-state index in [1.807, 2.05) is 32.3 Å². The molecule has 0 aliphatic heterocycles. The van der Waals surface area contributed by atoms with Crippen LogP contribution in [0.2, 0.25) is 0 Å². The summed E-state index contributed by atoms with van der Waals surface area (Å²) in [6.07, 6.45) is 0. The van der Waals surface area contributed by atoms with Crippen molar-refractivity contribution in [2.24, 2.45) is 0 Å². The summed E-state index contributed by atoms with van der Waals surface area (Å²) in [6.45, 7) is 0. The van der Waals surface area contributed by atoms with E-state index >= 15 is 0 Å². The SMILES string of the molecule is CN(C)c1ccccc1Br.O=[N+]([O-])c1cc([N+](=O)[O-])c(O)c([N+](=O)[O-])c1. The molecule has 0 saturated heterocycles. The van der Waals surface area contributed by atoms with Gasteiger partial charge in [0.05, 0.1) is 32.6 Å². The summed E-state index contributed by atoms with van der Waals surface area (Å²) < 4.78 is 1.14. The Kier molecular flexibility index (Phi) is 6.96. The van der Waals surface area contributed by atoms with Gasteiger partial charge in [-0.3, -0.25) is 30.3 Å². The molecule has 0 atom stereocenters. The minimum atomic E-state index is -1.21. The smallest absolute Gasteiger partial charge is 0.324 e. The molecule has 2 rings (SSSR count). The molecule has 0 radical (unpaired) electrons.